The minimum atomic E-state index is -0.272. The molecule has 2 rings (SSSR count). The van der Waals surface area contributed by atoms with Crippen LogP contribution in [-0.4, -0.2) is 18.5 Å². The molecule has 2 unspecified atom stereocenters. The summed E-state index contributed by atoms with van der Waals surface area (Å²) in [5, 5.41) is 3.34. The van der Waals surface area contributed by atoms with Crippen molar-refractivity contribution in [1.29, 1.82) is 0 Å². The van der Waals surface area contributed by atoms with Crippen molar-refractivity contribution in [1.82, 2.24) is 5.32 Å². The van der Waals surface area contributed by atoms with Gasteiger partial charge in [0.25, 0.3) is 0 Å². The van der Waals surface area contributed by atoms with Crippen molar-refractivity contribution in [3.8, 4) is 0 Å². The maximum Gasteiger partial charge on any atom is 0.227 e. The molecule has 2 fully saturated rings. The Morgan fingerprint density at radius 1 is 1.25 bits per heavy atom. The van der Waals surface area contributed by atoms with Gasteiger partial charge in [-0.25, -0.2) is 0 Å². The van der Waals surface area contributed by atoms with E-state index in [2.05, 4.69) is 19.2 Å². The Hall–Kier alpha value is -0.570. The van der Waals surface area contributed by atoms with Crippen molar-refractivity contribution in [2.45, 2.75) is 77.7 Å². The fourth-order valence-corrected chi connectivity index (χ4v) is 3.97. The zero-order valence-corrected chi connectivity index (χ0v) is 13.3. The number of nitrogens with one attached hydrogen (secondary N) is 1. The number of carbonyl (C=O) groups is 1. The Balaban J connectivity index is 1.92. The third-order valence-corrected chi connectivity index (χ3v) is 5.80. The number of hydrogen-bond donors (Lipinski definition) is 2. The molecule has 1 amide bonds. The molecular weight excluding hydrogens is 248 g/mol. The predicted octanol–water partition coefficient (Wildman–Crippen LogP) is 3.23. The van der Waals surface area contributed by atoms with Gasteiger partial charge < -0.3 is 11.1 Å². The molecule has 2 atom stereocenters. The van der Waals surface area contributed by atoms with Crippen LogP contribution in [0.3, 0.4) is 0 Å². The predicted molar refractivity (Wildman–Crippen MR) is 83.3 cm³/mol. The Morgan fingerprint density at radius 2 is 1.95 bits per heavy atom. The average molecular weight is 280 g/mol. The highest BCUT2D eigenvalue weighted by Crippen LogP contribution is 2.39. The normalized spacial score (nSPS) is 38.5. The smallest absolute Gasteiger partial charge is 0.227 e. The Morgan fingerprint density at radius 3 is 2.55 bits per heavy atom. The van der Waals surface area contributed by atoms with Gasteiger partial charge in [-0.2, -0.15) is 0 Å². The number of rotatable bonds is 4. The first-order chi connectivity index (χ1) is 9.59. The molecular formula is C17H32N2O. The van der Waals surface area contributed by atoms with E-state index in [1.165, 1.54) is 25.7 Å². The molecule has 0 radical (unpaired) electrons. The first-order valence-electron chi connectivity index (χ1n) is 8.60. The van der Waals surface area contributed by atoms with Gasteiger partial charge in [0.1, 0.15) is 0 Å². The monoisotopic (exact) mass is 280 g/mol. The summed E-state index contributed by atoms with van der Waals surface area (Å²) in [6, 6.07) is 0.393. The van der Waals surface area contributed by atoms with E-state index in [-0.39, 0.29) is 11.3 Å². The average Bonchev–Trinajstić information content (AvgIpc) is 2.48. The van der Waals surface area contributed by atoms with E-state index in [9.17, 15) is 4.79 Å². The van der Waals surface area contributed by atoms with Gasteiger partial charge in [-0.3, -0.25) is 4.79 Å². The summed E-state index contributed by atoms with van der Waals surface area (Å²) < 4.78 is 0. The molecule has 0 saturated heterocycles. The molecule has 2 aliphatic carbocycles. The van der Waals surface area contributed by atoms with Crippen LogP contribution in [-0.2, 0) is 4.79 Å². The summed E-state index contributed by atoms with van der Waals surface area (Å²) in [4.78, 5) is 12.7. The van der Waals surface area contributed by atoms with Crippen LogP contribution in [0, 0.1) is 17.3 Å². The van der Waals surface area contributed by atoms with Crippen molar-refractivity contribution < 1.29 is 4.79 Å². The molecule has 0 bridgehead atoms. The topological polar surface area (TPSA) is 55.1 Å². The quantitative estimate of drug-likeness (QED) is 0.830. The van der Waals surface area contributed by atoms with Gasteiger partial charge in [-0.05, 0) is 50.4 Å². The molecule has 0 aliphatic heterocycles. The second-order valence-corrected chi connectivity index (χ2v) is 7.28. The number of nitrogens with two attached hydrogens (primary N) is 1. The van der Waals surface area contributed by atoms with Crippen LogP contribution >= 0.6 is 0 Å². The maximum atomic E-state index is 12.7. The lowest BCUT2D eigenvalue weighted by molar-refractivity contribution is -0.134. The van der Waals surface area contributed by atoms with Gasteiger partial charge in [0.15, 0.2) is 0 Å². The lowest BCUT2D eigenvalue weighted by Crippen LogP contribution is -2.51. The highest BCUT2D eigenvalue weighted by molar-refractivity contribution is 5.83. The Kier molecular flexibility index (Phi) is 5.48. The molecule has 0 aromatic heterocycles. The summed E-state index contributed by atoms with van der Waals surface area (Å²) in [5.74, 6) is 1.80. The van der Waals surface area contributed by atoms with Crippen molar-refractivity contribution in [2.75, 3.05) is 6.54 Å². The van der Waals surface area contributed by atoms with Crippen LogP contribution in [0.15, 0.2) is 0 Å². The minimum absolute atomic E-state index is 0.244. The molecule has 20 heavy (non-hydrogen) atoms. The maximum absolute atomic E-state index is 12.7. The Bertz CT molecular complexity index is 321. The molecule has 0 heterocycles. The van der Waals surface area contributed by atoms with Gasteiger partial charge >= 0.3 is 0 Å². The van der Waals surface area contributed by atoms with Crippen molar-refractivity contribution >= 4 is 5.91 Å². The van der Waals surface area contributed by atoms with Crippen LogP contribution in [0.1, 0.15) is 71.6 Å². The third kappa shape index (κ3) is 3.55. The SMILES string of the molecule is CCC1CCCC(NC(=O)C2(CN)CCC(C)CC2)C1. The van der Waals surface area contributed by atoms with Crippen LogP contribution in [0.5, 0.6) is 0 Å². The number of carbonyl (C=O) groups excluding carboxylic acids is 1. The number of amides is 1. The van der Waals surface area contributed by atoms with E-state index in [0.717, 1.165) is 43.9 Å². The lowest BCUT2D eigenvalue weighted by Gasteiger charge is -2.39. The molecule has 3 nitrogen and oxygen atoms in total. The van der Waals surface area contributed by atoms with Crippen LogP contribution in [0.4, 0.5) is 0 Å². The zero-order valence-electron chi connectivity index (χ0n) is 13.3. The molecule has 2 aliphatic rings. The summed E-state index contributed by atoms with van der Waals surface area (Å²) in [5.41, 5.74) is 5.71. The molecule has 2 saturated carbocycles. The van der Waals surface area contributed by atoms with Gasteiger partial charge in [-0.15, -0.1) is 0 Å². The van der Waals surface area contributed by atoms with Crippen molar-refractivity contribution in [2.24, 2.45) is 23.0 Å². The van der Waals surface area contributed by atoms with Crippen molar-refractivity contribution in [3.63, 3.8) is 0 Å². The van der Waals surface area contributed by atoms with Crippen LogP contribution in [0.25, 0.3) is 0 Å². The molecule has 3 heteroatoms. The molecule has 0 spiro atoms. The molecule has 0 aromatic rings. The molecule has 3 N–H and O–H groups in total. The van der Waals surface area contributed by atoms with E-state index in [1.807, 2.05) is 0 Å². The van der Waals surface area contributed by atoms with Gasteiger partial charge in [-0.1, -0.05) is 33.1 Å². The van der Waals surface area contributed by atoms with Gasteiger partial charge in [0.05, 0.1) is 5.41 Å². The van der Waals surface area contributed by atoms with Gasteiger partial charge in [0.2, 0.25) is 5.91 Å². The standard InChI is InChI=1S/C17H32N2O/c1-3-14-5-4-6-15(11-14)19-16(20)17(12-18)9-7-13(2)8-10-17/h13-15H,3-12,18H2,1-2H3,(H,19,20). The van der Waals surface area contributed by atoms with Crippen LogP contribution in [0.2, 0.25) is 0 Å². The second-order valence-electron chi connectivity index (χ2n) is 7.28. The van der Waals surface area contributed by atoms with Crippen LogP contribution < -0.4 is 11.1 Å². The molecule has 0 aromatic carbocycles. The van der Waals surface area contributed by atoms with Crippen molar-refractivity contribution in [3.05, 3.63) is 0 Å². The highest BCUT2D eigenvalue weighted by Gasteiger charge is 2.40. The largest absolute Gasteiger partial charge is 0.353 e. The highest BCUT2D eigenvalue weighted by atomic mass is 16.2. The first-order valence-corrected chi connectivity index (χ1v) is 8.60. The van der Waals surface area contributed by atoms with E-state index in [1.54, 1.807) is 0 Å². The fraction of sp³-hybridized carbons (Fsp3) is 0.941. The Labute approximate surface area is 124 Å². The minimum Gasteiger partial charge on any atom is -0.353 e. The third-order valence-electron chi connectivity index (χ3n) is 5.80. The zero-order chi connectivity index (χ0) is 14.6. The second kappa shape index (κ2) is 6.93. The van der Waals surface area contributed by atoms with E-state index < -0.39 is 0 Å². The van der Waals surface area contributed by atoms with E-state index >= 15 is 0 Å². The first kappa shape index (κ1) is 15.8. The van der Waals surface area contributed by atoms with E-state index in [4.69, 9.17) is 5.73 Å². The summed E-state index contributed by atoms with van der Waals surface area (Å²) in [6.45, 7) is 5.06. The lowest BCUT2D eigenvalue weighted by atomic mass is 9.70. The molecule has 116 valence electrons. The summed E-state index contributed by atoms with van der Waals surface area (Å²) in [7, 11) is 0. The number of hydrogen-bond acceptors (Lipinski definition) is 2. The summed E-state index contributed by atoms with van der Waals surface area (Å²) >= 11 is 0. The van der Waals surface area contributed by atoms with E-state index in [0.29, 0.717) is 12.6 Å². The van der Waals surface area contributed by atoms with Gasteiger partial charge in [0, 0.05) is 12.6 Å². The fourth-order valence-electron chi connectivity index (χ4n) is 3.97. The summed E-state index contributed by atoms with van der Waals surface area (Å²) in [6.07, 6.45) is 10.4.